The van der Waals surface area contributed by atoms with Crippen molar-refractivity contribution in [3.63, 3.8) is 0 Å². The first-order valence-electron chi connectivity index (χ1n) is 4.04. The van der Waals surface area contributed by atoms with Crippen LogP contribution in [-0.2, 0) is 11.4 Å². The summed E-state index contributed by atoms with van der Waals surface area (Å²) in [5, 5.41) is 15.7. The maximum Gasteiger partial charge on any atom is 0.300 e. The maximum absolute atomic E-state index is 12.5. The van der Waals surface area contributed by atoms with E-state index in [0.29, 0.717) is 0 Å². The normalized spacial score (nSPS) is 9.59. The molecule has 0 saturated carbocycles. The van der Waals surface area contributed by atoms with Crippen molar-refractivity contribution in [3.8, 4) is 0 Å². The van der Waals surface area contributed by atoms with Crippen LogP contribution in [0.3, 0.4) is 0 Å². The lowest BCUT2D eigenvalue weighted by Gasteiger charge is -2.04. The van der Waals surface area contributed by atoms with E-state index in [4.69, 9.17) is 15.0 Å². The summed E-state index contributed by atoms with van der Waals surface area (Å²) in [6.07, 6.45) is 0. The third-order valence-electron chi connectivity index (χ3n) is 1.46. The first-order chi connectivity index (χ1) is 7.73. The number of aliphatic hydroxyl groups excluding tert-OH is 1. The molecule has 0 atom stereocenters. The fourth-order valence-electron chi connectivity index (χ4n) is 0.789. The second kappa shape index (κ2) is 6.14. The summed E-state index contributed by atoms with van der Waals surface area (Å²) in [4.78, 5) is 9.00. The van der Waals surface area contributed by atoms with Gasteiger partial charge in [-0.25, -0.2) is 22.0 Å². The predicted octanol–water partition coefficient (Wildman–Crippen LogP) is 1.97. The maximum atomic E-state index is 12.5. The van der Waals surface area contributed by atoms with Gasteiger partial charge in [0.2, 0.25) is 5.82 Å². The lowest BCUT2D eigenvalue weighted by molar-refractivity contribution is -0.134. The zero-order chi connectivity index (χ0) is 13.7. The smallest absolute Gasteiger partial charge is 0.300 e. The number of rotatable bonds is 1. The molecule has 2 N–H and O–H groups in total. The average molecular weight is 258 g/mol. The summed E-state index contributed by atoms with van der Waals surface area (Å²) in [7, 11) is 0. The van der Waals surface area contributed by atoms with Crippen molar-refractivity contribution in [1.82, 2.24) is 0 Å². The van der Waals surface area contributed by atoms with Crippen LogP contribution in [0.1, 0.15) is 12.5 Å². The molecule has 1 aromatic carbocycles. The van der Waals surface area contributed by atoms with Gasteiger partial charge in [0.25, 0.3) is 5.97 Å². The Morgan fingerprint density at radius 3 is 1.41 bits per heavy atom. The number of carboxylic acid groups (broad SMARTS) is 1. The van der Waals surface area contributed by atoms with E-state index in [1.165, 1.54) is 0 Å². The van der Waals surface area contributed by atoms with Crippen molar-refractivity contribution in [2.24, 2.45) is 0 Å². The molecule has 0 heterocycles. The molecular weight excluding hydrogens is 251 g/mol. The number of aliphatic hydroxyl groups is 1. The van der Waals surface area contributed by atoms with E-state index in [2.05, 4.69) is 0 Å². The quantitative estimate of drug-likeness (QED) is 0.460. The minimum atomic E-state index is -2.23. The van der Waals surface area contributed by atoms with Crippen LogP contribution >= 0.6 is 0 Å². The highest BCUT2D eigenvalue weighted by Gasteiger charge is 2.24. The largest absolute Gasteiger partial charge is 0.481 e. The van der Waals surface area contributed by atoms with E-state index < -0.39 is 47.2 Å². The predicted molar refractivity (Wildman–Crippen MR) is 45.5 cm³/mol. The Morgan fingerprint density at radius 1 is 0.941 bits per heavy atom. The Balaban J connectivity index is 0.000000557. The lowest BCUT2D eigenvalue weighted by Crippen LogP contribution is -2.06. The third-order valence-corrected chi connectivity index (χ3v) is 1.46. The number of benzene rings is 1. The van der Waals surface area contributed by atoms with Gasteiger partial charge in [0.15, 0.2) is 23.3 Å². The Bertz CT molecular complexity index is 400. The summed E-state index contributed by atoms with van der Waals surface area (Å²) in [6.45, 7) is -0.161. The summed E-state index contributed by atoms with van der Waals surface area (Å²) in [6, 6.07) is 0. The van der Waals surface area contributed by atoms with E-state index in [0.717, 1.165) is 6.92 Å². The van der Waals surface area contributed by atoms with E-state index >= 15 is 0 Å². The molecular formula is C9H7F5O3. The zero-order valence-corrected chi connectivity index (χ0v) is 8.40. The minimum absolute atomic E-state index is 0.833. The van der Waals surface area contributed by atoms with Crippen LogP contribution in [0.4, 0.5) is 22.0 Å². The van der Waals surface area contributed by atoms with E-state index in [-0.39, 0.29) is 0 Å². The van der Waals surface area contributed by atoms with Crippen molar-refractivity contribution in [1.29, 1.82) is 0 Å². The van der Waals surface area contributed by atoms with Crippen molar-refractivity contribution in [2.45, 2.75) is 13.5 Å². The Kier molecular flexibility index (Phi) is 5.52. The van der Waals surface area contributed by atoms with Crippen LogP contribution in [-0.4, -0.2) is 16.2 Å². The molecule has 0 unspecified atom stereocenters. The molecule has 0 aliphatic heterocycles. The first kappa shape index (κ1) is 15.3. The summed E-state index contributed by atoms with van der Waals surface area (Å²) < 4.78 is 62.0. The Labute approximate surface area is 92.1 Å². The Hall–Kier alpha value is -1.70. The fourth-order valence-corrected chi connectivity index (χ4v) is 0.789. The van der Waals surface area contributed by atoms with Gasteiger partial charge >= 0.3 is 0 Å². The fraction of sp³-hybridized carbons (Fsp3) is 0.222. The van der Waals surface area contributed by atoms with Gasteiger partial charge in [-0.15, -0.1) is 0 Å². The number of carboxylic acids is 1. The molecule has 17 heavy (non-hydrogen) atoms. The second-order valence-electron chi connectivity index (χ2n) is 2.73. The van der Waals surface area contributed by atoms with Gasteiger partial charge in [0, 0.05) is 6.92 Å². The van der Waals surface area contributed by atoms with Gasteiger partial charge < -0.3 is 10.2 Å². The molecule has 0 aliphatic rings. The molecule has 0 aliphatic carbocycles. The molecule has 0 radical (unpaired) electrons. The molecule has 8 heteroatoms. The van der Waals surface area contributed by atoms with Crippen LogP contribution in [0.5, 0.6) is 0 Å². The molecule has 1 aromatic rings. The van der Waals surface area contributed by atoms with Crippen LogP contribution in [0.2, 0.25) is 0 Å². The molecule has 3 nitrogen and oxygen atoms in total. The van der Waals surface area contributed by atoms with Crippen LogP contribution in [0.25, 0.3) is 0 Å². The molecule has 0 saturated heterocycles. The highest BCUT2D eigenvalue weighted by Crippen LogP contribution is 2.22. The van der Waals surface area contributed by atoms with Crippen molar-refractivity contribution >= 4 is 5.97 Å². The van der Waals surface area contributed by atoms with Gasteiger partial charge in [0.1, 0.15) is 0 Å². The van der Waals surface area contributed by atoms with E-state index in [9.17, 15) is 22.0 Å². The van der Waals surface area contributed by atoms with Crippen molar-refractivity contribution in [2.75, 3.05) is 0 Å². The Morgan fingerprint density at radius 2 is 1.18 bits per heavy atom. The lowest BCUT2D eigenvalue weighted by atomic mass is 10.2. The standard InChI is InChI=1S/C7H3F5O.C2H4O2/c8-3-2(1-13)4(9)6(11)7(12)5(3)10;1-2(3)4/h13H,1H2;1H3,(H,3,4). The van der Waals surface area contributed by atoms with Crippen LogP contribution in [0.15, 0.2) is 0 Å². The molecule has 96 valence electrons. The number of hydrogen-bond acceptors (Lipinski definition) is 2. The van der Waals surface area contributed by atoms with Gasteiger partial charge in [-0.2, -0.15) is 0 Å². The summed E-state index contributed by atoms with van der Waals surface area (Å²) >= 11 is 0. The SMILES string of the molecule is CC(=O)O.OCc1c(F)c(F)c(F)c(F)c1F. The monoisotopic (exact) mass is 258 g/mol. The van der Waals surface area contributed by atoms with E-state index in [1.54, 1.807) is 0 Å². The highest BCUT2D eigenvalue weighted by molar-refractivity contribution is 5.62. The van der Waals surface area contributed by atoms with E-state index in [1.807, 2.05) is 0 Å². The number of hydrogen-bond donors (Lipinski definition) is 2. The van der Waals surface area contributed by atoms with Crippen molar-refractivity contribution in [3.05, 3.63) is 34.6 Å². The average Bonchev–Trinajstić information content (AvgIpc) is 2.24. The molecule has 0 bridgehead atoms. The minimum Gasteiger partial charge on any atom is -0.481 e. The van der Waals surface area contributed by atoms with Crippen molar-refractivity contribution < 1.29 is 37.0 Å². The molecule has 0 amide bonds. The number of aliphatic carboxylic acids is 1. The highest BCUT2D eigenvalue weighted by atomic mass is 19.2. The van der Waals surface area contributed by atoms with Crippen LogP contribution < -0.4 is 0 Å². The van der Waals surface area contributed by atoms with Gasteiger partial charge in [-0.05, 0) is 0 Å². The summed E-state index contributed by atoms with van der Waals surface area (Å²) in [5.41, 5.74) is -1.23. The molecule has 0 aromatic heterocycles. The molecule has 0 fully saturated rings. The molecule has 1 rings (SSSR count). The first-order valence-corrected chi connectivity index (χ1v) is 4.04. The number of halogens is 5. The second-order valence-corrected chi connectivity index (χ2v) is 2.73. The summed E-state index contributed by atoms with van der Waals surface area (Å²) in [5.74, 6) is -11.2. The topological polar surface area (TPSA) is 57.5 Å². The van der Waals surface area contributed by atoms with Gasteiger partial charge in [-0.1, -0.05) is 0 Å². The molecule has 0 spiro atoms. The van der Waals surface area contributed by atoms with Crippen LogP contribution in [0, 0.1) is 29.1 Å². The zero-order valence-electron chi connectivity index (χ0n) is 8.40. The van der Waals surface area contributed by atoms with Gasteiger partial charge in [-0.3, -0.25) is 4.79 Å². The van der Waals surface area contributed by atoms with Gasteiger partial charge in [0.05, 0.1) is 12.2 Å². The number of carbonyl (C=O) groups is 1. The third kappa shape index (κ3) is 3.66.